The number of nitro groups is 1. The monoisotopic (exact) mass is 334 g/mol. The van der Waals surface area contributed by atoms with Crippen LogP contribution in [0.3, 0.4) is 0 Å². The first-order valence-corrected chi connectivity index (χ1v) is 7.50. The van der Waals surface area contributed by atoms with Gasteiger partial charge >= 0.3 is 0 Å². The first-order valence-electron chi connectivity index (χ1n) is 6.62. The van der Waals surface area contributed by atoms with E-state index in [1.54, 1.807) is 23.2 Å². The molecular formula is C14H14N4O4S. The summed E-state index contributed by atoms with van der Waals surface area (Å²) in [5.74, 6) is -1.07. The summed E-state index contributed by atoms with van der Waals surface area (Å²) in [4.78, 5) is 38.7. The zero-order valence-corrected chi connectivity index (χ0v) is 13.2. The topological polar surface area (TPSA) is 107 Å². The number of hydrogen-bond donors (Lipinski definition) is 1. The number of thiazole rings is 1. The van der Waals surface area contributed by atoms with E-state index in [9.17, 15) is 19.7 Å². The maximum Gasteiger partial charge on any atom is 0.270 e. The van der Waals surface area contributed by atoms with Crippen LogP contribution in [0.2, 0.25) is 0 Å². The second-order valence-electron chi connectivity index (χ2n) is 4.75. The maximum absolute atomic E-state index is 12.1. The van der Waals surface area contributed by atoms with Crippen molar-refractivity contribution in [2.45, 2.75) is 13.0 Å². The normalized spacial score (nSPS) is 12.7. The Kier molecular flexibility index (Phi) is 5.02. The second-order valence-corrected chi connectivity index (χ2v) is 5.62. The fourth-order valence-corrected chi connectivity index (χ4v) is 2.46. The molecule has 1 aromatic heterocycles. The van der Waals surface area contributed by atoms with Gasteiger partial charge in [-0.2, -0.15) is 4.99 Å². The second kappa shape index (κ2) is 6.97. The summed E-state index contributed by atoms with van der Waals surface area (Å²) >= 11 is 1.30. The van der Waals surface area contributed by atoms with Crippen molar-refractivity contribution < 1.29 is 14.5 Å². The number of aromatic nitrogens is 1. The lowest BCUT2D eigenvalue weighted by Gasteiger charge is -2.10. The molecule has 0 aliphatic rings. The van der Waals surface area contributed by atoms with E-state index in [1.165, 1.54) is 36.5 Å². The lowest BCUT2D eigenvalue weighted by Crippen LogP contribution is -2.38. The molecule has 120 valence electrons. The zero-order valence-electron chi connectivity index (χ0n) is 12.4. The number of carbonyl (C=O) groups is 2. The molecule has 0 bridgehead atoms. The number of nitrogens with zero attached hydrogens (tertiary/aromatic N) is 3. The molecule has 1 aromatic carbocycles. The summed E-state index contributed by atoms with van der Waals surface area (Å²) in [5.41, 5.74) is -0.0764. The van der Waals surface area contributed by atoms with Crippen LogP contribution in [0.5, 0.6) is 0 Å². The quantitative estimate of drug-likeness (QED) is 0.670. The highest BCUT2D eigenvalue weighted by molar-refractivity contribution is 7.07. The Morgan fingerprint density at radius 2 is 2.17 bits per heavy atom. The summed E-state index contributed by atoms with van der Waals surface area (Å²) in [6.45, 7) is 1.51. The predicted molar refractivity (Wildman–Crippen MR) is 83.9 cm³/mol. The van der Waals surface area contributed by atoms with Crippen molar-refractivity contribution in [1.29, 1.82) is 0 Å². The summed E-state index contributed by atoms with van der Waals surface area (Å²) in [6, 6.07) is 4.45. The number of amides is 2. The minimum absolute atomic E-state index is 0.112. The largest absolute Gasteiger partial charge is 0.340 e. The van der Waals surface area contributed by atoms with E-state index in [0.717, 1.165) is 6.07 Å². The fourth-order valence-electron chi connectivity index (χ4n) is 1.73. The van der Waals surface area contributed by atoms with Gasteiger partial charge in [-0.05, 0) is 13.0 Å². The van der Waals surface area contributed by atoms with Crippen LogP contribution in [0.25, 0.3) is 0 Å². The van der Waals surface area contributed by atoms with Gasteiger partial charge in [0, 0.05) is 36.3 Å². The number of non-ortho nitro benzene ring substituents is 1. The average Bonchev–Trinajstić information content (AvgIpc) is 2.92. The van der Waals surface area contributed by atoms with Gasteiger partial charge < -0.3 is 9.88 Å². The van der Waals surface area contributed by atoms with Crippen molar-refractivity contribution in [1.82, 2.24) is 9.88 Å². The molecule has 1 N–H and O–H groups in total. The van der Waals surface area contributed by atoms with Gasteiger partial charge in [-0.3, -0.25) is 19.7 Å². The molecule has 0 aliphatic carbocycles. The molecule has 1 atom stereocenters. The molecule has 0 spiro atoms. The van der Waals surface area contributed by atoms with Crippen molar-refractivity contribution in [3.8, 4) is 0 Å². The molecule has 0 fully saturated rings. The van der Waals surface area contributed by atoms with Crippen LogP contribution in [0.4, 0.5) is 5.69 Å². The Morgan fingerprint density at radius 1 is 1.43 bits per heavy atom. The third kappa shape index (κ3) is 4.10. The van der Waals surface area contributed by atoms with Crippen LogP contribution in [-0.4, -0.2) is 27.3 Å². The van der Waals surface area contributed by atoms with E-state index in [2.05, 4.69) is 10.3 Å². The Morgan fingerprint density at radius 3 is 2.78 bits per heavy atom. The molecule has 2 rings (SSSR count). The number of aryl methyl sites for hydroxylation is 1. The number of carbonyl (C=O) groups excluding carboxylic acids is 2. The molecule has 9 heteroatoms. The summed E-state index contributed by atoms with van der Waals surface area (Å²) in [5, 5.41) is 15.0. The highest BCUT2D eigenvalue weighted by Gasteiger charge is 2.18. The number of rotatable bonds is 4. The molecule has 2 amide bonds. The molecule has 1 heterocycles. The van der Waals surface area contributed by atoms with Crippen molar-refractivity contribution in [2.75, 3.05) is 0 Å². The third-order valence-corrected chi connectivity index (χ3v) is 3.85. The summed E-state index contributed by atoms with van der Waals surface area (Å²) < 4.78 is 1.69. The number of hydrogen-bond acceptors (Lipinski definition) is 5. The summed E-state index contributed by atoms with van der Waals surface area (Å²) in [6.07, 6.45) is 1.77. The van der Waals surface area contributed by atoms with Gasteiger partial charge in [-0.15, -0.1) is 11.3 Å². The van der Waals surface area contributed by atoms with Crippen LogP contribution in [0, 0.1) is 10.1 Å². The van der Waals surface area contributed by atoms with E-state index in [1.807, 2.05) is 0 Å². The first kappa shape index (κ1) is 16.6. The van der Waals surface area contributed by atoms with Gasteiger partial charge in [0.25, 0.3) is 17.5 Å². The number of nitrogens with one attached hydrogen (secondary N) is 1. The minimum Gasteiger partial charge on any atom is -0.340 e. The molecule has 1 unspecified atom stereocenters. The Hall–Kier alpha value is -2.81. The van der Waals surface area contributed by atoms with Crippen LogP contribution in [0.1, 0.15) is 17.3 Å². The molecule has 0 radical (unpaired) electrons. The Bertz CT molecular complexity index is 824. The van der Waals surface area contributed by atoms with E-state index >= 15 is 0 Å². The van der Waals surface area contributed by atoms with Crippen LogP contribution < -0.4 is 10.1 Å². The van der Waals surface area contributed by atoms with Gasteiger partial charge in [0.1, 0.15) is 6.04 Å². The van der Waals surface area contributed by atoms with Crippen molar-refractivity contribution in [3.05, 3.63) is 56.3 Å². The van der Waals surface area contributed by atoms with Crippen LogP contribution >= 0.6 is 11.3 Å². The highest BCUT2D eigenvalue weighted by atomic mass is 32.1. The summed E-state index contributed by atoms with van der Waals surface area (Å²) in [7, 11) is 1.76. The fraction of sp³-hybridized carbons (Fsp3) is 0.214. The molecule has 0 aliphatic heterocycles. The predicted octanol–water partition coefficient (Wildman–Crippen LogP) is 1.24. The highest BCUT2D eigenvalue weighted by Crippen LogP contribution is 2.13. The number of nitro benzene ring substituents is 1. The smallest absolute Gasteiger partial charge is 0.270 e. The van der Waals surface area contributed by atoms with Crippen LogP contribution in [-0.2, 0) is 11.8 Å². The molecule has 8 nitrogen and oxygen atoms in total. The lowest BCUT2D eigenvalue weighted by atomic mass is 10.2. The van der Waals surface area contributed by atoms with Crippen LogP contribution in [0.15, 0.2) is 40.8 Å². The van der Waals surface area contributed by atoms with Crippen molar-refractivity contribution >= 4 is 28.8 Å². The van der Waals surface area contributed by atoms with Gasteiger partial charge in [0.05, 0.1) is 4.92 Å². The van der Waals surface area contributed by atoms with Gasteiger partial charge in [-0.25, -0.2) is 0 Å². The molecule has 2 aromatic rings. The third-order valence-electron chi connectivity index (χ3n) is 3.00. The SMILES string of the molecule is CC(NC(=O)c1cccc([N+](=O)[O-])c1)C(=O)N=c1sccn1C. The molecule has 0 saturated carbocycles. The first-order chi connectivity index (χ1) is 10.9. The maximum atomic E-state index is 12.1. The Labute approximate surface area is 135 Å². The zero-order chi connectivity index (χ0) is 17.0. The standard InChI is InChI=1S/C14H14N4O4S/c1-9(12(19)16-14-17(2)6-7-23-14)15-13(20)10-4-3-5-11(8-10)18(21)22/h3-9H,1-2H3,(H,15,20). The van der Waals surface area contributed by atoms with Crippen molar-refractivity contribution in [3.63, 3.8) is 0 Å². The molecule has 0 saturated heterocycles. The van der Waals surface area contributed by atoms with Gasteiger partial charge in [-0.1, -0.05) is 6.07 Å². The van der Waals surface area contributed by atoms with Gasteiger partial charge in [0.15, 0.2) is 4.80 Å². The lowest BCUT2D eigenvalue weighted by molar-refractivity contribution is -0.384. The minimum atomic E-state index is -0.844. The van der Waals surface area contributed by atoms with E-state index < -0.39 is 22.8 Å². The van der Waals surface area contributed by atoms with E-state index in [0.29, 0.717) is 4.80 Å². The molecule has 23 heavy (non-hydrogen) atoms. The van der Waals surface area contributed by atoms with E-state index in [-0.39, 0.29) is 11.3 Å². The average molecular weight is 334 g/mol. The van der Waals surface area contributed by atoms with E-state index in [4.69, 9.17) is 0 Å². The van der Waals surface area contributed by atoms with Gasteiger partial charge in [0.2, 0.25) is 0 Å². The van der Waals surface area contributed by atoms with Crippen molar-refractivity contribution in [2.24, 2.45) is 12.0 Å². The number of benzene rings is 1. The molecular weight excluding hydrogens is 320 g/mol. The Balaban J connectivity index is 2.11.